The van der Waals surface area contributed by atoms with Crippen molar-refractivity contribution in [3.8, 4) is 0 Å². The van der Waals surface area contributed by atoms with Gasteiger partial charge >= 0.3 is 6.09 Å². The highest BCUT2D eigenvalue weighted by Crippen LogP contribution is 2.31. The summed E-state index contributed by atoms with van der Waals surface area (Å²) in [5.74, 6) is 1.51. The van der Waals surface area contributed by atoms with Crippen LogP contribution < -0.4 is 4.90 Å². The number of rotatable bonds is 3. The molecule has 0 unspecified atom stereocenters. The number of hydrogen-bond acceptors (Lipinski definition) is 8. The molecule has 0 aliphatic carbocycles. The summed E-state index contributed by atoms with van der Waals surface area (Å²) in [6, 6.07) is 1.93. The van der Waals surface area contributed by atoms with E-state index in [-0.39, 0.29) is 16.9 Å². The Morgan fingerprint density at radius 2 is 1.91 bits per heavy atom. The van der Waals surface area contributed by atoms with E-state index in [4.69, 9.17) is 25.5 Å². The van der Waals surface area contributed by atoms with Crippen LogP contribution in [0, 0.1) is 0 Å². The van der Waals surface area contributed by atoms with Crippen LogP contribution in [0.5, 0.6) is 0 Å². The van der Waals surface area contributed by atoms with Gasteiger partial charge < -0.3 is 23.7 Å². The summed E-state index contributed by atoms with van der Waals surface area (Å²) in [6.45, 7) is 15.2. The first-order valence-corrected chi connectivity index (χ1v) is 11.4. The van der Waals surface area contributed by atoms with Crippen molar-refractivity contribution in [2.75, 3.05) is 50.8 Å². The largest absolute Gasteiger partial charge is 0.454 e. The lowest BCUT2D eigenvalue weighted by Crippen LogP contribution is -2.61. The Bertz CT molecular complexity index is 981. The number of amides is 1. The molecule has 4 rings (SSSR count). The highest BCUT2D eigenvalue weighted by Gasteiger charge is 2.39. The minimum atomic E-state index is -0.515. The molecule has 2 saturated heterocycles. The second kappa shape index (κ2) is 8.68. The van der Waals surface area contributed by atoms with Gasteiger partial charge in [0.25, 0.3) is 0 Å². The van der Waals surface area contributed by atoms with Crippen LogP contribution >= 0.6 is 11.6 Å². The van der Waals surface area contributed by atoms with Crippen LogP contribution in [0.4, 0.5) is 10.6 Å². The Morgan fingerprint density at radius 3 is 2.56 bits per heavy atom. The van der Waals surface area contributed by atoms with Crippen LogP contribution in [-0.2, 0) is 16.0 Å². The van der Waals surface area contributed by atoms with Gasteiger partial charge in [-0.1, -0.05) is 0 Å². The number of aromatic nitrogens is 2. The Hall–Kier alpha value is -2.10. The number of piperazine rings is 1. The average Bonchev–Trinajstić information content (AvgIpc) is 3.07. The Balaban J connectivity index is 1.49. The standard InChI is InChI=1S/C22H32ClN5O4/c1-21(2,3)32-20(29)28-7-6-26(14-22(28,4)5)13-15-12-16-17(31-15)18(25-19(23)24-16)27-8-10-30-11-9-27/h12H,6-11,13-14H2,1-5H3. The first kappa shape index (κ1) is 23.1. The van der Waals surface area contributed by atoms with Crippen LogP contribution in [0.2, 0.25) is 5.28 Å². The molecule has 0 aromatic carbocycles. The normalized spacial score (nSPS) is 20.1. The lowest BCUT2D eigenvalue weighted by atomic mass is 9.99. The quantitative estimate of drug-likeness (QED) is 0.636. The summed E-state index contributed by atoms with van der Waals surface area (Å²) in [5.41, 5.74) is 0.472. The number of carbonyl (C=O) groups is 1. The topological polar surface area (TPSA) is 84.2 Å². The highest BCUT2D eigenvalue weighted by atomic mass is 35.5. The van der Waals surface area contributed by atoms with Gasteiger partial charge in [-0.3, -0.25) is 4.90 Å². The number of anilines is 1. The summed E-state index contributed by atoms with van der Waals surface area (Å²) in [7, 11) is 0. The molecule has 2 aromatic heterocycles. The van der Waals surface area contributed by atoms with Gasteiger partial charge in [-0.05, 0) is 46.2 Å². The van der Waals surface area contributed by atoms with E-state index in [9.17, 15) is 4.79 Å². The van der Waals surface area contributed by atoms with Crippen molar-refractivity contribution in [2.45, 2.75) is 52.3 Å². The number of nitrogens with zero attached hydrogens (tertiary/aromatic N) is 5. The van der Waals surface area contributed by atoms with E-state index in [2.05, 4.69) is 33.6 Å². The van der Waals surface area contributed by atoms with Crippen molar-refractivity contribution in [1.82, 2.24) is 19.8 Å². The summed E-state index contributed by atoms with van der Waals surface area (Å²) < 4.78 is 17.3. The SMILES string of the molecule is CC(C)(C)OC(=O)N1CCN(Cc2cc3nc(Cl)nc(N4CCOCC4)c3o2)CC1(C)C. The van der Waals surface area contributed by atoms with Crippen LogP contribution in [0.15, 0.2) is 10.5 Å². The first-order chi connectivity index (χ1) is 15.0. The van der Waals surface area contributed by atoms with Gasteiger partial charge in [-0.2, -0.15) is 4.98 Å². The van der Waals surface area contributed by atoms with Gasteiger partial charge in [-0.15, -0.1) is 0 Å². The fourth-order valence-electron chi connectivity index (χ4n) is 4.27. The van der Waals surface area contributed by atoms with Gasteiger partial charge in [0.2, 0.25) is 5.28 Å². The molecule has 0 radical (unpaired) electrons. The fraction of sp³-hybridized carbons (Fsp3) is 0.682. The van der Waals surface area contributed by atoms with Crippen molar-refractivity contribution < 1.29 is 18.7 Å². The third-order valence-electron chi connectivity index (χ3n) is 5.66. The monoisotopic (exact) mass is 465 g/mol. The third kappa shape index (κ3) is 5.10. The number of fused-ring (bicyclic) bond motifs is 1. The molecule has 9 nitrogen and oxygen atoms in total. The zero-order valence-electron chi connectivity index (χ0n) is 19.5. The van der Waals surface area contributed by atoms with E-state index in [1.165, 1.54) is 0 Å². The summed E-state index contributed by atoms with van der Waals surface area (Å²) in [6.07, 6.45) is -0.272. The molecule has 10 heteroatoms. The molecule has 4 heterocycles. The molecule has 0 N–H and O–H groups in total. The Labute approximate surface area is 193 Å². The second-order valence-corrected chi connectivity index (χ2v) is 10.3. The minimum absolute atomic E-state index is 0.207. The highest BCUT2D eigenvalue weighted by molar-refractivity contribution is 6.28. The van der Waals surface area contributed by atoms with E-state index in [0.29, 0.717) is 49.8 Å². The molecule has 2 aliphatic heterocycles. The fourth-order valence-corrected chi connectivity index (χ4v) is 4.44. The molecular formula is C22H32ClN5O4. The van der Waals surface area contributed by atoms with Crippen LogP contribution in [-0.4, -0.2) is 82.9 Å². The molecule has 2 aliphatic rings. The predicted octanol–water partition coefficient (Wildman–Crippen LogP) is 3.54. The van der Waals surface area contributed by atoms with Crippen molar-refractivity contribution in [2.24, 2.45) is 0 Å². The molecule has 1 amide bonds. The number of halogens is 1. The third-order valence-corrected chi connectivity index (χ3v) is 5.83. The Morgan fingerprint density at radius 1 is 1.19 bits per heavy atom. The molecule has 32 heavy (non-hydrogen) atoms. The number of morpholine rings is 1. The molecule has 0 atom stereocenters. The zero-order valence-corrected chi connectivity index (χ0v) is 20.2. The summed E-state index contributed by atoms with van der Waals surface area (Å²) in [5, 5.41) is 0.207. The smallest absolute Gasteiger partial charge is 0.410 e. The van der Waals surface area contributed by atoms with Crippen molar-refractivity contribution in [3.63, 3.8) is 0 Å². The second-order valence-electron chi connectivity index (χ2n) is 10.00. The molecular weight excluding hydrogens is 434 g/mol. The number of ether oxygens (including phenoxy) is 2. The maximum Gasteiger partial charge on any atom is 0.410 e. The van der Waals surface area contributed by atoms with Gasteiger partial charge in [0.1, 0.15) is 16.9 Å². The lowest BCUT2D eigenvalue weighted by Gasteiger charge is -2.46. The zero-order chi connectivity index (χ0) is 23.1. The Kier molecular flexibility index (Phi) is 6.26. The van der Waals surface area contributed by atoms with Crippen molar-refractivity contribution >= 4 is 34.6 Å². The summed E-state index contributed by atoms with van der Waals surface area (Å²) >= 11 is 6.19. The predicted molar refractivity (Wildman–Crippen MR) is 122 cm³/mol. The average molecular weight is 466 g/mol. The van der Waals surface area contributed by atoms with E-state index in [1.807, 2.05) is 31.7 Å². The summed E-state index contributed by atoms with van der Waals surface area (Å²) in [4.78, 5) is 27.7. The first-order valence-electron chi connectivity index (χ1n) is 11.0. The van der Waals surface area contributed by atoms with Gasteiger partial charge in [-0.25, -0.2) is 9.78 Å². The van der Waals surface area contributed by atoms with Gasteiger partial charge in [0.05, 0.1) is 25.3 Å². The number of furan rings is 1. The van der Waals surface area contributed by atoms with E-state index >= 15 is 0 Å². The molecule has 2 fully saturated rings. The van der Waals surface area contributed by atoms with Crippen molar-refractivity contribution in [3.05, 3.63) is 17.1 Å². The molecule has 176 valence electrons. The molecule has 2 aromatic rings. The van der Waals surface area contributed by atoms with Crippen LogP contribution in [0.25, 0.3) is 11.1 Å². The van der Waals surface area contributed by atoms with Crippen molar-refractivity contribution in [1.29, 1.82) is 0 Å². The molecule has 0 saturated carbocycles. The van der Waals surface area contributed by atoms with E-state index in [0.717, 1.165) is 25.4 Å². The maximum absolute atomic E-state index is 12.7. The minimum Gasteiger partial charge on any atom is -0.454 e. The van der Waals surface area contributed by atoms with Crippen LogP contribution in [0.3, 0.4) is 0 Å². The van der Waals surface area contributed by atoms with E-state index in [1.54, 1.807) is 0 Å². The van der Waals surface area contributed by atoms with Crippen LogP contribution in [0.1, 0.15) is 40.4 Å². The number of hydrogen-bond donors (Lipinski definition) is 0. The van der Waals surface area contributed by atoms with Gasteiger partial charge in [0.15, 0.2) is 11.4 Å². The lowest BCUT2D eigenvalue weighted by molar-refractivity contribution is -0.0252. The van der Waals surface area contributed by atoms with Gasteiger partial charge in [0, 0.05) is 38.8 Å². The number of carbonyl (C=O) groups excluding carboxylic acids is 1. The van der Waals surface area contributed by atoms with E-state index < -0.39 is 5.60 Å². The maximum atomic E-state index is 12.7. The molecule has 0 bridgehead atoms. The molecule has 0 spiro atoms.